The third-order valence-corrected chi connectivity index (χ3v) is 4.18. The summed E-state index contributed by atoms with van der Waals surface area (Å²) >= 11 is 1.04. The Kier molecular flexibility index (Phi) is 5.23. The van der Waals surface area contributed by atoms with E-state index in [0.717, 1.165) is 11.8 Å². The van der Waals surface area contributed by atoms with Crippen molar-refractivity contribution in [3.05, 3.63) is 59.9 Å². The van der Waals surface area contributed by atoms with Gasteiger partial charge < -0.3 is 10.4 Å². The van der Waals surface area contributed by atoms with Gasteiger partial charge in [0.15, 0.2) is 0 Å². The van der Waals surface area contributed by atoms with Gasteiger partial charge in [0.05, 0.1) is 22.7 Å². The first-order chi connectivity index (χ1) is 12.5. The molecule has 0 fully saturated rings. The lowest BCUT2D eigenvalue weighted by Crippen LogP contribution is -2.15. The smallest absolute Gasteiger partial charge is 0.335 e. The highest BCUT2D eigenvalue weighted by Gasteiger charge is 2.14. The number of amides is 1. The molecule has 1 amide bonds. The fraction of sp³-hybridized carbons (Fsp3) is 0.0625. The number of carbonyl (C=O) groups is 2. The summed E-state index contributed by atoms with van der Waals surface area (Å²) in [7, 11) is 0. The highest BCUT2D eigenvalue weighted by molar-refractivity contribution is 7.99. The minimum atomic E-state index is -1.07. The van der Waals surface area contributed by atoms with Crippen molar-refractivity contribution in [1.82, 2.24) is 20.2 Å². The number of halogens is 1. The van der Waals surface area contributed by atoms with E-state index >= 15 is 0 Å². The van der Waals surface area contributed by atoms with Crippen LogP contribution in [-0.2, 0) is 4.79 Å². The molecule has 0 unspecified atom stereocenters. The average Bonchev–Trinajstić information content (AvgIpc) is 3.11. The maximum Gasteiger partial charge on any atom is 0.335 e. The number of aromatic carboxylic acids is 1. The van der Waals surface area contributed by atoms with Gasteiger partial charge >= 0.3 is 5.97 Å². The number of carboxylic acid groups (broad SMARTS) is 1. The quantitative estimate of drug-likeness (QED) is 0.638. The maximum atomic E-state index is 13.5. The minimum absolute atomic E-state index is 0.0483. The van der Waals surface area contributed by atoms with Crippen LogP contribution in [0.25, 0.3) is 5.69 Å². The van der Waals surface area contributed by atoms with E-state index in [9.17, 15) is 14.0 Å². The molecule has 10 heteroatoms. The molecule has 3 rings (SSSR count). The molecule has 1 aromatic heterocycles. The van der Waals surface area contributed by atoms with Gasteiger partial charge in [-0.15, -0.1) is 5.10 Å². The summed E-state index contributed by atoms with van der Waals surface area (Å²) in [6.45, 7) is 0. The van der Waals surface area contributed by atoms with Crippen LogP contribution in [0, 0.1) is 5.82 Å². The molecule has 26 heavy (non-hydrogen) atoms. The number of nitrogens with one attached hydrogen (secondary N) is 1. The zero-order chi connectivity index (χ0) is 18.5. The van der Waals surface area contributed by atoms with Crippen molar-refractivity contribution in [2.75, 3.05) is 11.1 Å². The van der Waals surface area contributed by atoms with E-state index in [1.54, 1.807) is 18.2 Å². The number of hydrogen-bond acceptors (Lipinski definition) is 6. The first kappa shape index (κ1) is 17.5. The summed E-state index contributed by atoms with van der Waals surface area (Å²) in [5.74, 6) is -2.07. The van der Waals surface area contributed by atoms with Crippen LogP contribution in [0.1, 0.15) is 10.4 Å². The molecule has 0 aliphatic carbocycles. The molecule has 0 spiro atoms. The van der Waals surface area contributed by atoms with E-state index in [-0.39, 0.29) is 17.0 Å². The molecule has 0 atom stereocenters. The number of carbonyl (C=O) groups excluding carboxylic acids is 1. The molecule has 0 radical (unpaired) electrons. The summed E-state index contributed by atoms with van der Waals surface area (Å²) in [6.07, 6.45) is 0. The second kappa shape index (κ2) is 7.74. The minimum Gasteiger partial charge on any atom is -0.478 e. The van der Waals surface area contributed by atoms with E-state index in [2.05, 4.69) is 20.8 Å². The first-order valence-electron chi connectivity index (χ1n) is 7.34. The summed E-state index contributed by atoms with van der Waals surface area (Å²) in [6, 6.07) is 11.9. The van der Waals surface area contributed by atoms with Gasteiger partial charge in [0, 0.05) is 0 Å². The summed E-state index contributed by atoms with van der Waals surface area (Å²) in [5.41, 5.74) is 0.630. The third-order valence-electron chi connectivity index (χ3n) is 3.26. The van der Waals surface area contributed by atoms with Gasteiger partial charge in [-0.2, -0.15) is 4.68 Å². The molecule has 1 heterocycles. The van der Waals surface area contributed by atoms with Gasteiger partial charge in [-0.05, 0) is 40.8 Å². The number of carboxylic acids is 1. The Balaban J connectivity index is 1.70. The summed E-state index contributed by atoms with van der Waals surface area (Å²) in [5, 5.41) is 23.0. The van der Waals surface area contributed by atoms with E-state index in [1.807, 2.05) is 0 Å². The van der Waals surface area contributed by atoms with Gasteiger partial charge in [0.2, 0.25) is 11.1 Å². The number of tetrazole rings is 1. The molecule has 0 saturated carbocycles. The van der Waals surface area contributed by atoms with Gasteiger partial charge in [-0.3, -0.25) is 4.79 Å². The van der Waals surface area contributed by atoms with E-state index in [4.69, 9.17) is 5.11 Å². The predicted octanol–water partition coefficient (Wildman–Crippen LogP) is 2.23. The molecule has 2 aromatic carbocycles. The zero-order valence-corrected chi connectivity index (χ0v) is 14.0. The summed E-state index contributed by atoms with van der Waals surface area (Å²) in [4.78, 5) is 23.1. The van der Waals surface area contributed by atoms with Gasteiger partial charge in [0.1, 0.15) is 5.82 Å². The van der Waals surface area contributed by atoms with E-state index in [0.29, 0.717) is 10.8 Å². The van der Waals surface area contributed by atoms with Gasteiger partial charge in [-0.25, -0.2) is 9.18 Å². The fourth-order valence-electron chi connectivity index (χ4n) is 2.08. The highest BCUT2D eigenvalue weighted by atomic mass is 32.2. The van der Waals surface area contributed by atoms with Crippen LogP contribution < -0.4 is 5.32 Å². The molecule has 0 aliphatic heterocycles. The van der Waals surface area contributed by atoms with Crippen LogP contribution >= 0.6 is 11.8 Å². The Labute approximate surface area is 151 Å². The van der Waals surface area contributed by atoms with Crippen molar-refractivity contribution >= 4 is 29.3 Å². The lowest BCUT2D eigenvalue weighted by molar-refractivity contribution is -0.113. The monoisotopic (exact) mass is 373 g/mol. The number of aromatic nitrogens is 4. The number of benzene rings is 2. The second-order valence-corrected chi connectivity index (χ2v) is 5.99. The van der Waals surface area contributed by atoms with Crippen LogP contribution in [-0.4, -0.2) is 42.9 Å². The van der Waals surface area contributed by atoms with Crippen LogP contribution in [0.5, 0.6) is 0 Å². The molecule has 8 nitrogen and oxygen atoms in total. The SMILES string of the molecule is O=C(CSc1nnnn1-c1cccc(C(=O)O)c1)Nc1ccccc1F. The zero-order valence-electron chi connectivity index (χ0n) is 13.2. The van der Waals surface area contributed by atoms with Gasteiger partial charge in [0.25, 0.3) is 0 Å². The highest BCUT2D eigenvalue weighted by Crippen LogP contribution is 2.20. The Morgan fingerprint density at radius 3 is 2.77 bits per heavy atom. The summed E-state index contributed by atoms with van der Waals surface area (Å²) < 4.78 is 14.9. The van der Waals surface area contributed by atoms with E-state index < -0.39 is 17.7 Å². The molecule has 132 valence electrons. The van der Waals surface area contributed by atoms with Crippen LogP contribution in [0.2, 0.25) is 0 Å². The lowest BCUT2D eigenvalue weighted by Gasteiger charge is -2.07. The largest absolute Gasteiger partial charge is 0.478 e. The van der Waals surface area contributed by atoms with Crippen molar-refractivity contribution < 1.29 is 19.1 Å². The Bertz CT molecular complexity index is 962. The van der Waals surface area contributed by atoms with Crippen LogP contribution in [0.15, 0.2) is 53.7 Å². The topological polar surface area (TPSA) is 110 Å². The molecule has 2 N–H and O–H groups in total. The fourth-order valence-corrected chi connectivity index (χ4v) is 2.77. The number of anilines is 1. The number of nitrogens with zero attached hydrogens (tertiary/aromatic N) is 4. The van der Waals surface area contributed by atoms with Crippen molar-refractivity contribution in [3.8, 4) is 5.69 Å². The number of thioether (sulfide) groups is 1. The average molecular weight is 373 g/mol. The van der Waals surface area contributed by atoms with Gasteiger partial charge in [-0.1, -0.05) is 30.0 Å². The lowest BCUT2D eigenvalue weighted by atomic mass is 10.2. The molecule has 0 bridgehead atoms. The predicted molar refractivity (Wildman–Crippen MR) is 91.9 cm³/mol. The molecule has 0 aliphatic rings. The van der Waals surface area contributed by atoms with Crippen molar-refractivity contribution in [2.45, 2.75) is 5.16 Å². The molecule has 3 aromatic rings. The van der Waals surface area contributed by atoms with Crippen LogP contribution in [0.3, 0.4) is 0 Å². The number of para-hydroxylation sites is 1. The molecule has 0 saturated heterocycles. The first-order valence-corrected chi connectivity index (χ1v) is 8.32. The van der Waals surface area contributed by atoms with E-state index in [1.165, 1.54) is 35.0 Å². The van der Waals surface area contributed by atoms with Crippen molar-refractivity contribution in [1.29, 1.82) is 0 Å². The normalized spacial score (nSPS) is 10.5. The number of rotatable bonds is 6. The van der Waals surface area contributed by atoms with Crippen LogP contribution in [0.4, 0.5) is 10.1 Å². The van der Waals surface area contributed by atoms with Crippen molar-refractivity contribution in [2.24, 2.45) is 0 Å². The molecular formula is C16H12FN5O3S. The Morgan fingerprint density at radius 1 is 1.19 bits per heavy atom. The maximum absolute atomic E-state index is 13.5. The van der Waals surface area contributed by atoms with Crippen molar-refractivity contribution in [3.63, 3.8) is 0 Å². The number of hydrogen-bond donors (Lipinski definition) is 2. The third kappa shape index (κ3) is 4.03. The standard InChI is InChI=1S/C16H12FN5O3S/c17-12-6-1-2-7-13(12)18-14(23)9-26-16-19-20-21-22(16)11-5-3-4-10(8-11)15(24)25/h1-8H,9H2,(H,18,23)(H,24,25). The molecular weight excluding hydrogens is 361 g/mol. The second-order valence-electron chi connectivity index (χ2n) is 5.05. The Hall–Kier alpha value is -3.27. The Morgan fingerprint density at radius 2 is 2.00 bits per heavy atom.